The number of ketones is 2. The third-order valence-electron chi connectivity index (χ3n) is 1.76. The summed E-state index contributed by atoms with van der Waals surface area (Å²) in [6.45, 7) is 0.193. The van der Waals surface area contributed by atoms with Crippen molar-refractivity contribution < 1.29 is 14.5 Å². The van der Waals surface area contributed by atoms with Crippen molar-refractivity contribution >= 4 is 11.6 Å². The van der Waals surface area contributed by atoms with Crippen LogP contribution in [0.25, 0.3) is 0 Å². The van der Waals surface area contributed by atoms with Gasteiger partial charge >= 0.3 is 0 Å². The van der Waals surface area contributed by atoms with E-state index in [1.54, 1.807) is 0 Å². The molecule has 0 atom stereocenters. The molecule has 1 rings (SSSR count). The summed E-state index contributed by atoms with van der Waals surface area (Å²) >= 11 is 0. The second-order valence-corrected chi connectivity index (χ2v) is 2.72. The lowest BCUT2D eigenvalue weighted by atomic mass is 9.99. The van der Waals surface area contributed by atoms with Gasteiger partial charge in [0.25, 0.3) is 5.70 Å². The second kappa shape index (κ2) is 3.93. The minimum absolute atomic E-state index is 0.193. The van der Waals surface area contributed by atoms with Crippen molar-refractivity contribution in [2.75, 3.05) is 6.54 Å². The van der Waals surface area contributed by atoms with Crippen LogP contribution in [0.3, 0.4) is 0 Å². The highest BCUT2D eigenvalue weighted by atomic mass is 16.6. The summed E-state index contributed by atoms with van der Waals surface area (Å²) in [5.74, 6) is -1.60. The smallest absolute Gasteiger partial charge is 0.276 e. The third kappa shape index (κ3) is 1.91. The molecule has 0 aromatic carbocycles. The molecule has 0 heterocycles. The molecule has 74 valence electrons. The maximum absolute atomic E-state index is 10.9. The van der Waals surface area contributed by atoms with E-state index in [1.165, 1.54) is 0 Å². The molecule has 1 aliphatic rings. The number of carbonyl (C=O) groups excluding carboxylic acids is 2. The first-order chi connectivity index (χ1) is 6.56. The van der Waals surface area contributed by atoms with Gasteiger partial charge in [0.1, 0.15) is 0 Å². The number of carbonyl (C=O) groups is 2. The highest BCUT2D eigenvalue weighted by molar-refractivity contribution is 6.46. The van der Waals surface area contributed by atoms with E-state index in [0.29, 0.717) is 0 Å². The molecule has 0 fully saturated rings. The standard InChI is InChI=1S/C8H8N2O4/c9-2-1-5-3-7(11)8(12)4-6(5)10(13)14/h3-4H,1-2,9H2. The first kappa shape index (κ1) is 10.3. The molecule has 0 spiro atoms. The topological polar surface area (TPSA) is 103 Å². The number of hydrogen-bond donors (Lipinski definition) is 1. The van der Waals surface area contributed by atoms with Crippen LogP contribution in [0.1, 0.15) is 6.42 Å². The Morgan fingerprint density at radius 1 is 1.29 bits per heavy atom. The van der Waals surface area contributed by atoms with E-state index in [2.05, 4.69) is 0 Å². The van der Waals surface area contributed by atoms with Crippen molar-refractivity contribution in [2.24, 2.45) is 5.73 Å². The van der Waals surface area contributed by atoms with Crippen molar-refractivity contribution in [3.8, 4) is 0 Å². The summed E-state index contributed by atoms with van der Waals surface area (Å²) in [6, 6.07) is 0. The Kier molecular flexibility index (Phi) is 2.88. The summed E-state index contributed by atoms with van der Waals surface area (Å²) < 4.78 is 0. The van der Waals surface area contributed by atoms with Crippen LogP contribution < -0.4 is 5.73 Å². The maximum Gasteiger partial charge on any atom is 0.276 e. The van der Waals surface area contributed by atoms with E-state index in [0.717, 1.165) is 12.2 Å². The Bertz CT molecular complexity index is 368. The molecule has 0 saturated heterocycles. The molecule has 6 heteroatoms. The van der Waals surface area contributed by atoms with Crippen LogP contribution in [0.4, 0.5) is 0 Å². The fourth-order valence-corrected chi connectivity index (χ4v) is 1.12. The predicted octanol–water partition coefficient (Wildman–Crippen LogP) is -0.426. The van der Waals surface area contributed by atoms with E-state index in [9.17, 15) is 19.7 Å². The Hall–Kier alpha value is -1.82. The number of nitro groups is 1. The van der Waals surface area contributed by atoms with Gasteiger partial charge in [0.15, 0.2) is 0 Å². The Morgan fingerprint density at radius 3 is 2.36 bits per heavy atom. The largest absolute Gasteiger partial charge is 0.330 e. The molecule has 0 radical (unpaired) electrons. The maximum atomic E-state index is 10.9. The number of nitrogens with zero attached hydrogens (tertiary/aromatic N) is 1. The molecule has 6 nitrogen and oxygen atoms in total. The molecule has 0 amide bonds. The van der Waals surface area contributed by atoms with Gasteiger partial charge in [0, 0.05) is 5.57 Å². The molecular weight excluding hydrogens is 188 g/mol. The van der Waals surface area contributed by atoms with Crippen LogP contribution in [-0.4, -0.2) is 23.0 Å². The summed E-state index contributed by atoms with van der Waals surface area (Å²) in [4.78, 5) is 31.6. The highest BCUT2D eigenvalue weighted by Gasteiger charge is 2.26. The van der Waals surface area contributed by atoms with Gasteiger partial charge in [-0.15, -0.1) is 0 Å². The minimum Gasteiger partial charge on any atom is -0.330 e. The van der Waals surface area contributed by atoms with Gasteiger partial charge in [-0.3, -0.25) is 19.7 Å². The van der Waals surface area contributed by atoms with Gasteiger partial charge in [-0.25, -0.2) is 0 Å². The van der Waals surface area contributed by atoms with Crippen LogP contribution in [0.5, 0.6) is 0 Å². The average Bonchev–Trinajstić information content (AvgIpc) is 2.11. The van der Waals surface area contributed by atoms with Gasteiger partial charge in [0.05, 0.1) is 11.0 Å². The number of nitrogens with two attached hydrogens (primary N) is 1. The second-order valence-electron chi connectivity index (χ2n) is 2.72. The molecule has 0 unspecified atom stereocenters. The SMILES string of the molecule is NCCC1=CC(=O)C(=O)C=C1[N+](=O)[O-]. The summed E-state index contributed by atoms with van der Waals surface area (Å²) in [5.41, 5.74) is 5.09. The molecule has 0 saturated carbocycles. The zero-order valence-electron chi connectivity index (χ0n) is 7.23. The first-order valence-corrected chi connectivity index (χ1v) is 3.91. The van der Waals surface area contributed by atoms with Crippen LogP contribution in [-0.2, 0) is 9.59 Å². The van der Waals surface area contributed by atoms with Crippen molar-refractivity contribution in [3.05, 3.63) is 33.5 Å². The molecule has 2 N–H and O–H groups in total. The number of hydrogen-bond acceptors (Lipinski definition) is 5. The fourth-order valence-electron chi connectivity index (χ4n) is 1.12. The van der Waals surface area contributed by atoms with Crippen LogP contribution in [0, 0.1) is 10.1 Å². The van der Waals surface area contributed by atoms with E-state index in [1.807, 2.05) is 0 Å². The average molecular weight is 196 g/mol. The molecule has 1 aliphatic carbocycles. The molecule has 0 aromatic heterocycles. The lowest BCUT2D eigenvalue weighted by Crippen LogP contribution is -2.19. The van der Waals surface area contributed by atoms with Crippen LogP contribution >= 0.6 is 0 Å². The Morgan fingerprint density at radius 2 is 1.86 bits per heavy atom. The van der Waals surface area contributed by atoms with Crippen molar-refractivity contribution in [2.45, 2.75) is 6.42 Å². The predicted molar refractivity (Wildman–Crippen MR) is 46.8 cm³/mol. The van der Waals surface area contributed by atoms with Crippen LogP contribution in [0.2, 0.25) is 0 Å². The first-order valence-electron chi connectivity index (χ1n) is 3.91. The quantitative estimate of drug-likeness (QED) is 0.285. The lowest BCUT2D eigenvalue weighted by molar-refractivity contribution is -0.421. The Balaban J connectivity index is 3.06. The molecule has 0 bridgehead atoms. The zero-order chi connectivity index (χ0) is 10.7. The van der Waals surface area contributed by atoms with Gasteiger partial charge in [-0.05, 0) is 19.0 Å². The van der Waals surface area contributed by atoms with E-state index in [4.69, 9.17) is 5.73 Å². The molecule has 0 aliphatic heterocycles. The van der Waals surface area contributed by atoms with Gasteiger partial charge in [0.2, 0.25) is 11.6 Å². The Labute approximate surface area is 79.2 Å². The van der Waals surface area contributed by atoms with Crippen molar-refractivity contribution in [3.63, 3.8) is 0 Å². The molecular formula is C8H8N2O4. The highest BCUT2D eigenvalue weighted by Crippen LogP contribution is 2.18. The van der Waals surface area contributed by atoms with Crippen LogP contribution in [0.15, 0.2) is 23.4 Å². The number of allylic oxidation sites excluding steroid dienone is 3. The van der Waals surface area contributed by atoms with E-state index < -0.39 is 16.5 Å². The fraction of sp³-hybridized carbons (Fsp3) is 0.250. The van der Waals surface area contributed by atoms with E-state index in [-0.39, 0.29) is 24.2 Å². The van der Waals surface area contributed by atoms with Crippen molar-refractivity contribution in [1.29, 1.82) is 0 Å². The monoisotopic (exact) mass is 196 g/mol. The lowest BCUT2D eigenvalue weighted by Gasteiger charge is -2.06. The summed E-state index contributed by atoms with van der Waals surface area (Å²) in [6.07, 6.45) is 1.94. The zero-order valence-corrected chi connectivity index (χ0v) is 7.23. The van der Waals surface area contributed by atoms with Crippen molar-refractivity contribution in [1.82, 2.24) is 0 Å². The summed E-state index contributed by atoms with van der Waals surface area (Å²) in [7, 11) is 0. The number of rotatable bonds is 3. The summed E-state index contributed by atoms with van der Waals surface area (Å²) in [5, 5.41) is 10.5. The third-order valence-corrected chi connectivity index (χ3v) is 1.76. The molecule has 0 aromatic rings. The molecule has 14 heavy (non-hydrogen) atoms. The van der Waals surface area contributed by atoms with Gasteiger partial charge in [-0.1, -0.05) is 0 Å². The normalized spacial score (nSPS) is 16.4. The van der Waals surface area contributed by atoms with Gasteiger partial charge in [-0.2, -0.15) is 0 Å². The van der Waals surface area contributed by atoms with Gasteiger partial charge < -0.3 is 5.73 Å². The van der Waals surface area contributed by atoms with E-state index >= 15 is 0 Å². The minimum atomic E-state index is -0.863.